The molecule has 0 spiro atoms. The molecule has 2 unspecified atom stereocenters. The molecule has 142 valence electrons. The molecule has 0 radical (unpaired) electrons. The van der Waals surface area contributed by atoms with Gasteiger partial charge in [0.15, 0.2) is 5.82 Å². The quantitative estimate of drug-likeness (QED) is 0.824. The topological polar surface area (TPSA) is 65.6 Å². The standard InChI is InChI=1S/C18H16F3N3O3/c1-22-12-5-23(6-13(12)22)16-10(20)2-7-15(14(16)21)24(11-3-9(11)19)4-8(17(7)25)18(26)27/h2,4,9,11-13H,3,5-6H2,1H3,(H,26,27)/t9-,11+,12?,13?,22?/m0/s1. The van der Waals surface area contributed by atoms with Gasteiger partial charge < -0.3 is 14.6 Å². The maximum atomic E-state index is 15.4. The maximum Gasteiger partial charge on any atom is 0.341 e. The van der Waals surface area contributed by atoms with Gasteiger partial charge in [0.25, 0.3) is 0 Å². The number of rotatable bonds is 3. The number of hydrogen-bond acceptors (Lipinski definition) is 4. The Morgan fingerprint density at radius 2 is 1.85 bits per heavy atom. The molecule has 6 nitrogen and oxygen atoms in total. The highest BCUT2D eigenvalue weighted by molar-refractivity contribution is 5.94. The second-order valence-electron chi connectivity index (χ2n) is 7.53. The van der Waals surface area contributed by atoms with Crippen LogP contribution >= 0.6 is 0 Å². The fourth-order valence-electron chi connectivity index (χ4n) is 4.26. The summed E-state index contributed by atoms with van der Waals surface area (Å²) in [7, 11) is 1.94. The predicted octanol–water partition coefficient (Wildman–Crippen LogP) is 1.76. The van der Waals surface area contributed by atoms with Gasteiger partial charge in [-0.25, -0.2) is 18.0 Å². The Labute approximate surface area is 151 Å². The molecule has 2 saturated heterocycles. The number of hydrogen-bond donors (Lipinski definition) is 1. The molecule has 1 N–H and O–H groups in total. The van der Waals surface area contributed by atoms with E-state index in [-0.39, 0.29) is 35.1 Å². The zero-order valence-electron chi connectivity index (χ0n) is 14.3. The molecule has 4 atom stereocenters. The van der Waals surface area contributed by atoms with Crippen LogP contribution in [0, 0.1) is 11.6 Å². The van der Waals surface area contributed by atoms with Gasteiger partial charge >= 0.3 is 5.97 Å². The summed E-state index contributed by atoms with van der Waals surface area (Å²) in [4.78, 5) is 27.5. The van der Waals surface area contributed by atoms with Crippen molar-refractivity contribution in [3.05, 3.63) is 39.7 Å². The van der Waals surface area contributed by atoms with Crippen molar-refractivity contribution in [2.45, 2.75) is 30.7 Å². The Bertz CT molecular complexity index is 1060. The smallest absolute Gasteiger partial charge is 0.341 e. The minimum Gasteiger partial charge on any atom is -0.477 e. The van der Waals surface area contributed by atoms with Crippen molar-refractivity contribution in [1.29, 1.82) is 0 Å². The van der Waals surface area contributed by atoms with Crippen LogP contribution in [0.2, 0.25) is 0 Å². The largest absolute Gasteiger partial charge is 0.477 e. The molecular formula is C18H16F3N3O3. The molecule has 3 fully saturated rings. The van der Waals surface area contributed by atoms with Crippen LogP contribution in [0.4, 0.5) is 18.9 Å². The summed E-state index contributed by atoms with van der Waals surface area (Å²) in [6.07, 6.45) is -0.183. The average Bonchev–Trinajstić information content (AvgIpc) is 3.40. The third-order valence-electron chi connectivity index (χ3n) is 5.98. The molecule has 1 aliphatic carbocycles. The van der Waals surface area contributed by atoms with E-state index in [0.717, 1.165) is 16.8 Å². The SMILES string of the molecule is CN1C2CN(c3c(F)cc4c(=O)c(C(=O)O)cn([C@@H]5C[C@@H]5F)c4c3F)CC21. The molecule has 1 saturated carbocycles. The molecule has 27 heavy (non-hydrogen) atoms. The van der Waals surface area contributed by atoms with E-state index in [0.29, 0.717) is 13.1 Å². The third kappa shape index (κ3) is 2.24. The minimum atomic E-state index is -1.51. The summed E-state index contributed by atoms with van der Waals surface area (Å²) in [5.74, 6) is -3.37. The highest BCUT2D eigenvalue weighted by Crippen LogP contribution is 2.43. The highest BCUT2D eigenvalue weighted by Gasteiger charge is 2.52. The summed E-state index contributed by atoms with van der Waals surface area (Å²) in [5, 5.41) is 8.85. The number of likely N-dealkylation sites (N-methyl/N-ethyl adjacent to an activating group) is 1. The monoisotopic (exact) mass is 379 g/mol. The van der Waals surface area contributed by atoms with Gasteiger partial charge in [0.05, 0.1) is 16.9 Å². The zero-order chi connectivity index (χ0) is 19.2. The molecular weight excluding hydrogens is 363 g/mol. The normalized spacial score (nSPS) is 31.3. The van der Waals surface area contributed by atoms with Gasteiger partial charge in [0, 0.05) is 37.8 Å². The number of carbonyl (C=O) groups is 1. The highest BCUT2D eigenvalue weighted by atomic mass is 19.1. The molecule has 0 bridgehead atoms. The number of anilines is 1. The average molecular weight is 379 g/mol. The van der Waals surface area contributed by atoms with E-state index in [9.17, 15) is 23.5 Å². The molecule has 0 amide bonds. The zero-order valence-corrected chi connectivity index (χ0v) is 14.3. The van der Waals surface area contributed by atoms with E-state index in [1.54, 1.807) is 4.90 Å². The van der Waals surface area contributed by atoms with Crippen LogP contribution in [0.5, 0.6) is 0 Å². The van der Waals surface area contributed by atoms with Crippen LogP contribution in [0.1, 0.15) is 22.8 Å². The van der Waals surface area contributed by atoms with Gasteiger partial charge in [-0.15, -0.1) is 0 Å². The molecule has 9 heteroatoms. The first-order chi connectivity index (χ1) is 12.8. The number of piperazine rings is 1. The molecule has 5 rings (SSSR count). The Morgan fingerprint density at radius 3 is 2.41 bits per heavy atom. The summed E-state index contributed by atoms with van der Waals surface area (Å²) in [6, 6.07) is 0.615. The van der Waals surface area contributed by atoms with E-state index in [1.165, 1.54) is 0 Å². The van der Waals surface area contributed by atoms with Crippen molar-refractivity contribution in [3.63, 3.8) is 0 Å². The van der Waals surface area contributed by atoms with Crippen molar-refractivity contribution in [2.75, 3.05) is 25.0 Å². The van der Waals surface area contributed by atoms with E-state index in [2.05, 4.69) is 4.90 Å². The first kappa shape index (κ1) is 16.6. The molecule has 2 aromatic rings. The lowest BCUT2D eigenvalue weighted by Gasteiger charge is -2.24. The Morgan fingerprint density at radius 1 is 1.22 bits per heavy atom. The van der Waals surface area contributed by atoms with Crippen LogP contribution in [0.25, 0.3) is 10.9 Å². The van der Waals surface area contributed by atoms with Gasteiger partial charge in [-0.1, -0.05) is 0 Å². The van der Waals surface area contributed by atoms with Crippen LogP contribution in [0.3, 0.4) is 0 Å². The molecule has 3 heterocycles. The maximum absolute atomic E-state index is 15.4. The lowest BCUT2D eigenvalue weighted by molar-refractivity contribution is 0.0694. The number of aromatic carboxylic acids is 1. The number of benzene rings is 1. The Kier molecular flexibility index (Phi) is 3.23. The Hall–Kier alpha value is -2.55. The number of fused-ring (bicyclic) bond motifs is 2. The van der Waals surface area contributed by atoms with Gasteiger partial charge in [0.2, 0.25) is 5.43 Å². The second-order valence-corrected chi connectivity index (χ2v) is 7.53. The predicted molar refractivity (Wildman–Crippen MR) is 91.2 cm³/mol. The number of alkyl halides is 1. The number of nitrogens with zero attached hydrogens (tertiary/aromatic N) is 3. The third-order valence-corrected chi connectivity index (χ3v) is 5.98. The van der Waals surface area contributed by atoms with E-state index in [1.807, 2.05) is 7.05 Å². The summed E-state index contributed by atoms with van der Waals surface area (Å²) in [6.45, 7) is 0.931. The second kappa shape index (κ2) is 5.25. The van der Waals surface area contributed by atoms with Crippen LogP contribution in [0.15, 0.2) is 17.1 Å². The molecule has 1 aromatic heterocycles. The lowest BCUT2D eigenvalue weighted by atomic mass is 10.1. The van der Waals surface area contributed by atoms with E-state index < -0.39 is 40.8 Å². The van der Waals surface area contributed by atoms with Crippen molar-refractivity contribution in [3.8, 4) is 0 Å². The molecule has 3 aliphatic rings. The fourth-order valence-corrected chi connectivity index (χ4v) is 4.26. The summed E-state index contributed by atoms with van der Waals surface area (Å²) < 4.78 is 45.0. The van der Waals surface area contributed by atoms with Crippen molar-refractivity contribution >= 4 is 22.6 Å². The van der Waals surface area contributed by atoms with E-state index in [4.69, 9.17) is 0 Å². The number of carboxylic acids is 1. The van der Waals surface area contributed by atoms with Gasteiger partial charge in [0.1, 0.15) is 23.2 Å². The van der Waals surface area contributed by atoms with E-state index >= 15 is 4.39 Å². The molecule has 1 aromatic carbocycles. The summed E-state index contributed by atoms with van der Waals surface area (Å²) in [5.41, 5.74) is -2.08. The molecule has 2 aliphatic heterocycles. The summed E-state index contributed by atoms with van der Waals surface area (Å²) >= 11 is 0. The van der Waals surface area contributed by atoms with Crippen LogP contribution in [-0.4, -0.2) is 58.9 Å². The number of carboxylic acid groups (broad SMARTS) is 1. The first-order valence-electron chi connectivity index (χ1n) is 8.70. The lowest BCUT2D eigenvalue weighted by Crippen LogP contribution is -2.30. The van der Waals surface area contributed by atoms with Crippen LogP contribution in [-0.2, 0) is 0 Å². The van der Waals surface area contributed by atoms with Gasteiger partial charge in [-0.2, -0.15) is 0 Å². The first-order valence-corrected chi connectivity index (χ1v) is 8.70. The van der Waals surface area contributed by atoms with Crippen molar-refractivity contribution in [2.24, 2.45) is 0 Å². The number of pyridine rings is 1. The number of halogens is 3. The number of aromatic nitrogens is 1. The van der Waals surface area contributed by atoms with Gasteiger partial charge in [-0.3, -0.25) is 9.69 Å². The Balaban J connectivity index is 1.74. The van der Waals surface area contributed by atoms with Crippen LogP contribution < -0.4 is 10.3 Å². The van der Waals surface area contributed by atoms with Gasteiger partial charge in [-0.05, 0) is 13.1 Å². The van der Waals surface area contributed by atoms with Crippen molar-refractivity contribution < 1.29 is 23.1 Å². The fraction of sp³-hybridized carbons (Fsp3) is 0.444. The van der Waals surface area contributed by atoms with Crippen molar-refractivity contribution in [1.82, 2.24) is 9.47 Å². The minimum absolute atomic E-state index is 0.0990.